The quantitative estimate of drug-likeness (QED) is 0.847. The van der Waals surface area contributed by atoms with Crippen LogP contribution in [0.3, 0.4) is 0 Å². The Morgan fingerprint density at radius 2 is 1.91 bits per heavy atom. The SMILES string of the molecule is Cc1nnc(CN(Cc2ccncc2)C2CCN(C)CC2)s1. The summed E-state index contributed by atoms with van der Waals surface area (Å²) in [4.78, 5) is 9.09. The number of likely N-dealkylation sites (tertiary alicyclic amines) is 1. The van der Waals surface area contributed by atoms with Crippen molar-refractivity contribution in [3.05, 3.63) is 40.1 Å². The molecule has 3 rings (SSSR count). The van der Waals surface area contributed by atoms with Crippen LogP contribution in [0, 0.1) is 6.92 Å². The maximum atomic E-state index is 4.31. The summed E-state index contributed by atoms with van der Waals surface area (Å²) in [5.41, 5.74) is 1.31. The van der Waals surface area contributed by atoms with Crippen molar-refractivity contribution < 1.29 is 0 Å². The second kappa shape index (κ2) is 7.26. The number of pyridine rings is 1. The number of hydrogen-bond acceptors (Lipinski definition) is 6. The van der Waals surface area contributed by atoms with Gasteiger partial charge >= 0.3 is 0 Å². The van der Waals surface area contributed by atoms with Gasteiger partial charge in [-0.15, -0.1) is 21.5 Å². The van der Waals surface area contributed by atoms with Gasteiger partial charge in [0.2, 0.25) is 0 Å². The first-order chi connectivity index (χ1) is 10.7. The summed E-state index contributed by atoms with van der Waals surface area (Å²) in [7, 11) is 2.21. The maximum absolute atomic E-state index is 4.31. The molecule has 6 heteroatoms. The first kappa shape index (κ1) is 15.5. The Morgan fingerprint density at radius 1 is 1.18 bits per heavy atom. The third-order valence-corrected chi connectivity index (χ3v) is 5.07. The van der Waals surface area contributed by atoms with E-state index in [1.54, 1.807) is 11.3 Å². The van der Waals surface area contributed by atoms with Crippen molar-refractivity contribution in [3.63, 3.8) is 0 Å². The van der Waals surface area contributed by atoms with Gasteiger partial charge in [0.25, 0.3) is 0 Å². The van der Waals surface area contributed by atoms with E-state index in [4.69, 9.17) is 0 Å². The molecule has 0 atom stereocenters. The van der Waals surface area contributed by atoms with Crippen LogP contribution in [-0.2, 0) is 13.1 Å². The minimum Gasteiger partial charge on any atom is -0.306 e. The molecule has 1 aliphatic rings. The maximum Gasteiger partial charge on any atom is 0.131 e. The van der Waals surface area contributed by atoms with E-state index in [1.807, 2.05) is 19.3 Å². The van der Waals surface area contributed by atoms with Crippen molar-refractivity contribution >= 4 is 11.3 Å². The molecule has 0 unspecified atom stereocenters. The fourth-order valence-corrected chi connectivity index (χ4v) is 3.71. The van der Waals surface area contributed by atoms with E-state index in [0.717, 1.165) is 23.1 Å². The Kier molecular flexibility index (Phi) is 5.12. The number of rotatable bonds is 5. The molecule has 118 valence electrons. The average molecular weight is 317 g/mol. The van der Waals surface area contributed by atoms with Gasteiger partial charge in [-0.2, -0.15) is 0 Å². The zero-order chi connectivity index (χ0) is 15.4. The van der Waals surface area contributed by atoms with E-state index in [2.05, 4.69) is 44.2 Å². The van der Waals surface area contributed by atoms with E-state index in [9.17, 15) is 0 Å². The third kappa shape index (κ3) is 4.09. The van der Waals surface area contributed by atoms with Crippen LogP contribution in [0.25, 0.3) is 0 Å². The molecule has 1 saturated heterocycles. The molecule has 0 amide bonds. The van der Waals surface area contributed by atoms with Gasteiger partial charge in [0.05, 0.1) is 6.54 Å². The van der Waals surface area contributed by atoms with Gasteiger partial charge in [-0.1, -0.05) is 0 Å². The first-order valence-electron chi connectivity index (χ1n) is 7.81. The second-order valence-corrected chi connectivity index (χ2v) is 7.28. The lowest BCUT2D eigenvalue weighted by molar-refractivity contribution is 0.108. The second-order valence-electron chi connectivity index (χ2n) is 6.01. The minimum absolute atomic E-state index is 0.619. The number of piperidine rings is 1. The smallest absolute Gasteiger partial charge is 0.131 e. The number of nitrogens with zero attached hydrogens (tertiary/aromatic N) is 5. The molecule has 5 nitrogen and oxygen atoms in total. The fourth-order valence-electron chi connectivity index (χ4n) is 2.97. The highest BCUT2D eigenvalue weighted by Gasteiger charge is 2.24. The van der Waals surface area contributed by atoms with E-state index in [0.29, 0.717) is 6.04 Å². The third-order valence-electron chi connectivity index (χ3n) is 4.25. The monoisotopic (exact) mass is 317 g/mol. The standard InChI is InChI=1S/C16H23N5S/c1-13-18-19-16(22-13)12-21(11-14-3-7-17-8-4-14)15-5-9-20(2)10-6-15/h3-4,7-8,15H,5-6,9-12H2,1-2H3. The molecular formula is C16H23N5S. The molecule has 2 aromatic heterocycles. The van der Waals surface area contributed by atoms with Crippen LogP contribution in [0.4, 0.5) is 0 Å². The van der Waals surface area contributed by atoms with E-state index < -0.39 is 0 Å². The minimum atomic E-state index is 0.619. The van der Waals surface area contributed by atoms with E-state index in [-0.39, 0.29) is 0 Å². The zero-order valence-electron chi connectivity index (χ0n) is 13.3. The lowest BCUT2D eigenvalue weighted by Gasteiger charge is -2.37. The Labute approximate surface area is 136 Å². The Balaban J connectivity index is 1.72. The van der Waals surface area contributed by atoms with E-state index in [1.165, 1.54) is 31.5 Å². The van der Waals surface area contributed by atoms with Crippen molar-refractivity contribution in [1.29, 1.82) is 0 Å². The lowest BCUT2D eigenvalue weighted by atomic mass is 10.0. The Bertz CT molecular complexity index is 577. The summed E-state index contributed by atoms with van der Waals surface area (Å²) in [6.07, 6.45) is 6.19. The Morgan fingerprint density at radius 3 is 2.55 bits per heavy atom. The van der Waals surface area contributed by atoms with Crippen LogP contribution < -0.4 is 0 Å². The van der Waals surface area contributed by atoms with Crippen LogP contribution in [0.2, 0.25) is 0 Å². The van der Waals surface area contributed by atoms with Gasteiger partial charge < -0.3 is 4.90 Å². The highest BCUT2D eigenvalue weighted by atomic mass is 32.1. The van der Waals surface area contributed by atoms with E-state index >= 15 is 0 Å². The molecule has 2 aromatic rings. The zero-order valence-corrected chi connectivity index (χ0v) is 14.1. The number of aryl methyl sites for hydroxylation is 1. The molecule has 0 aliphatic carbocycles. The van der Waals surface area contributed by atoms with Crippen molar-refractivity contribution in [2.24, 2.45) is 0 Å². The molecule has 0 radical (unpaired) electrons. The summed E-state index contributed by atoms with van der Waals surface area (Å²) >= 11 is 1.70. The predicted octanol–water partition coefficient (Wildman–Crippen LogP) is 2.34. The number of aromatic nitrogens is 3. The average Bonchev–Trinajstić information content (AvgIpc) is 2.94. The summed E-state index contributed by atoms with van der Waals surface area (Å²) in [6, 6.07) is 4.83. The van der Waals surface area contributed by atoms with Gasteiger partial charge in [0, 0.05) is 25.0 Å². The van der Waals surface area contributed by atoms with Gasteiger partial charge in [-0.3, -0.25) is 9.88 Å². The molecule has 0 spiro atoms. The summed E-state index contributed by atoms with van der Waals surface area (Å²) in [5, 5.41) is 10.6. The molecule has 0 aromatic carbocycles. The molecule has 0 bridgehead atoms. The predicted molar refractivity (Wildman–Crippen MR) is 88.6 cm³/mol. The van der Waals surface area contributed by atoms with Crippen LogP contribution >= 0.6 is 11.3 Å². The molecule has 0 N–H and O–H groups in total. The first-order valence-corrected chi connectivity index (χ1v) is 8.63. The highest BCUT2D eigenvalue weighted by molar-refractivity contribution is 7.11. The van der Waals surface area contributed by atoms with Crippen LogP contribution in [0.5, 0.6) is 0 Å². The highest BCUT2D eigenvalue weighted by Crippen LogP contribution is 2.22. The van der Waals surface area contributed by atoms with Gasteiger partial charge in [-0.25, -0.2) is 0 Å². The van der Waals surface area contributed by atoms with Crippen LogP contribution in [0.15, 0.2) is 24.5 Å². The normalized spacial score (nSPS) is 17.2. The topological polar surface area (TPSA) is 45.2 Å². The summed E-state index contributed by atoms with van der Waals surface area (Å²) < 4.78 is 0. The molecular weight excluding hydrogens is 294 g/mol. The van der Waals surface area contributed by atoms with Gasteiger partial charge in [-0.05, 0) is 57.6 Å². The molecule has 0 saturated carbocycles. The van der Waals surface area contributed by atoms with Crippen LogP contribution in [0.1, 0.15) is 28.4 Å². The molecule has 3 heterocycles. The Hall–Kier alpha value is -1.37. The lowest BCUT2D eigenvalue weighted by Crippen LogP contribution is -2.43. The van der Waals surface area contributed by atoms with Crippen molar-refractivity contribution in [1.82, 2.24) is 25.0 Å². The van der Waals surface area contributed by atoms with Crippen molar-refractivity contribution in [2.45, 2.75) is 38.9 Å². The number of hydrogen-bond donors (Lipinski definition) is 0. The molecule has 1 aliphatic heterocycles. The molecule has 1 fully saturated rings. The molecule has 22 heavy (non-hydrogen) atoms. The van der Waals surface area contributed by atoms with Gasteiger partial charge in [0.1, 0.15) is 10.0 Å². The summed E-state index contributed by atoms with van der Waals surface area (Å²) in [6.45, 7) is 6.21. The summed E-state index contributed by atoms with van der Waals surface area (Å²) in [5.74, 6) is 0. The largest absolute Gasteiger partial charge is 0.306 e. The van der Waals surface area contributed by atoms with Crippen molar-refractivity contribution in [2.75, 3.05) is 20.1 Å². The fraction of sp³-hybridized carbons (Fsp3) is 0.562. The van der Waals surface area contributed by atoms with Crippen LogP contribution in [-0.4, -0.2) is 51.2 Å². The van der Waals surface area contributed by atoms with Crippen molar-refractivity contribution in [3.8, 4) is 0 Å². The van der Waals surface area contributed by atoms with Gasteiger partial charge in [0.15, 0.2) is 0 Å².